The molecule has 1 nitrogen and oxygen atoms in total. The molecule has 0 aromatic carbocycles. The van der Waals surface area contributed by atoms with Gasteiger partial charge < -0.3 is 5.32 Å². The third-order valence-electron chi connectivity index (χ3n) is 3.12. The molecule has 1 N–H and O–H groups in total. The molecule has 1 heteroatoms. The van der Waals surface area contributed by atoms with Gasteiger partial charge in [-0.15, -0.1) is 0 Å². The molecule has 0 bridgehead atoms. The number of hydrogen-bond acceptors (Lipinski definition) is 1. The Hall–Kier alpha value is -0.300. The van der Waals surface area contributed by atoms with E-state index in [-0.39, 0.29) is 0 Å². The fraction of sp³-hybridized carbons (Fsp3) is 0.833. The summed E-state index contributed by atoms with van der Waals surface area (Å²) in [7, 11) is 0. The van der Waals surface area contributed by atoms with Gasteiger partial charge in [0.25, 0.3) is 0 Å². The minimum Gasteiger partial charge on any atom is -0.311 e. The maximum atomic E-state index is 3.60. The first kappa shape index (κ1) is 10.8. The molecule has 1 aliphatic rings. The van der Waals surface area contributed by atoms with Crippen LogP contribution in [0, 0.1) is 5.92 Å². The summed E-state index contributed by atoms with van der Waals surface area (Å²) < 4.78 is 0. The van der Waals surface area contributed by atoms with Crippen molar-refractivity contribution in [3.8, 4) is 0 Å². The molecule has 1 saturated carbocycles. The molecule has 0 saturated heterocycles. The van der Waals surface area contributed by atoms with Crippen LogP contribution in [0.25, 0.3) is 0 Å². The quantitative estimate of drug-likeness (QED) is 0.657. The topological polar surface area (TPSA) is 12.0 Å². The van der Waals surface area contributed by atoms with Gasteiger partial charge in [0.05, 0.1) is 0 Å². The summed E-state index contributed by atoms with van der Waals surface area (Å²) in [6, 6.07) is 0.787. The first-order valence-corrected chi connectivity index (χ1v) is 5.71. The molecule has 0 aliphatic heterocycles. The SMILES string of the molecule is C/C=C/CNC1CCCC(CC)C1. The summed E-state index contributed by atoms with van der Waals surface area (Å²) in [4.78, 5) is 0. The summed E-state index contributed by atoms with van der Waals surface area (Å²) in [6.07, 6.45) is 11.3. The second kappa shape index (κ2) is 6.20. The molecular weight excluding hydrogens is 158 g/mol. The maximum Gasteiger partial charge on any atom is 0.0137 e. The molecule has 0 spiro atoms. The zero-order chi connectivity index (χ0) is 9.52. The number of hydrogen-bond donors (Lipinski definition) is 1. The Balaban J connectivity index is 2.18. The van der Waals surface area contributed by atoms with Crippen LogP contribution in [0.5, 0.6) is 0 Å². The third-order valence-corrected chi connectivity index (χ3v) is 3.12. The van der Waals surface area contributed by atoms with E-state index in [4.69, 9.17) is 0 Å². The third kappa shape index (κ3) is 3.95. The standard InChI is InChI=1S/C12H23N/c1-3-5-9-13-12-8-6-7-11(4-2)10-12/h3,5,11-13H,4,6-10H2,1-2H3/b5-3+. The van der Waals surface area contributed by atoms with Crippen LogP contribution in [-0.2, 0) is 0 Å². The summed E-state index contributed by atoms with van der Waals surface area (Å²) >= 11 is 0. The Morgan fingerprint density at radius 3 is 2.92 bits per heavy atom. The highest BCUT2D eigenvalue weighted by atomic mass is 14.9. The molecule has 0 aromatic heterocycles. The van der Waals surface area contributed by atoms with Crippen LogP contribution in [0.3, 0.4) is 0 Å². The van der Waals surface area contributed by atoms with Crippen molar-refractivity contribution in [2.75, 3.05) is 6.54 Å². The van der Waals surface area contributed by atoms with Gasteiger partial charge in [-0.1, -0.05) is 38.3 Å². The second-order valence-corrected chi connectivity index (χ2v) is 4.12. The molecule has 0 aromatic rings. The minimum absolute atomic E-state index is 0.787. The molecule has 76 valence electrons. The Morgan fingerprint density at radius 2 is 2.23 bits per heavy atom. The monoisotopic (exact) mass is 181 g/mol. The Kier molecular flexibility index (Phi) is 5.14. The molecule has 0 radical (unpaired) electrons. The maximum absolute atomic E-state index is 3.60. The van der Waals surface area contributed by atoms with Gasteiger partial charge in [0.1, 0.15) is 0 Å². The predicted molar refractivity (Wildman–Crippen MR) is 58.9 cm³/mol. The van der Waals surface area contributed by atoms with E-state index >= 15 is 0 Å². The number of rotatable bonds is 4. The summed E-state index contributed by atoms with van der Waals surface area (Å²) in [5.41, 5.74) is 0. The van der Waals surface area contributed by atoms with Gasteiger partial charge >= 0.3 is 0 Å². The second-order valence-electron chi connectivity index (χ2n) is 4.12. The van der Waals surface area contributed by atoms with Crippen molar-refractivity contribution in [1.82, 2.24) is 5.32 Å². The summed E-state index contributed by atoms with van der Waals surface area (Å²) in [5.74, 6) is 0.983. The lowest BCUT2D eigenvalue weighted by Gasteiger charge is -2.28. The van der Waals surface area contributed by atoms with Crippen LogP contribution < -0.4 is 5.32 Å². The van der Waals surface area contributed by atoms with Crippen molar-refractivity contribution in [3.05, 3.63) is 12.2 Å². The lowest BCUT2D eigenvalue weighted by molar-refractivity contribution is 0.285. The van der Waals surface area contributed by atoms with E-state index in [0.29, 0.717) is 0 Å². The molecule has 2 unspecified atom stereocenters. The molecule has 13 heavy (non-hydrogen) atoms. The Bertz CT molecular complexity index is 151. The van der Waals surface area contributed by atoms with Crippen molar-refractivity contribution >= 4 is 0 Å². The smallest absolute Gasteiger partial charge is 0.0137 e. The van der Waals surface area contributed by atoms with Crippen molar-refractivity contribution in [2.45, 2.75) is 52.0 Å². The average molecular weight is 181 g/mol. The largest absolute Gasteiger partial charge is 0.311 e. The zero-order valence-electron chi connectivity index (χ0n) is 9.05. The summed E-state index contributed by atoms with van der Waals surface area (Å²) in [5, 5.41) is 3.60. The van der Waals surface area contributed by atoms with Gasteiger partial charge in [-0.05, 0) is 25.7 Å². The van der Waals surface area contributed by atoms with E-state index in [2.05, 4.69) is 31.3 Å². The van der Waals surface area contributed by atoms with Crippen LogP contribution in [0.4, 0.5) is 0 Å². The zero-order valence-corrected chi connectivity index (χ0v) is 9.05. The fourth-order valence-corrected chi connectivity index (χ4v) is 2.20. The van der Waals surface area contributed by atoms with Gasteiger partial charge in [-0.3, -0.25) is 0 Å². The lowest BCUT2D eigenvalue weighted by atomic mass is 9.84. The molecule has 1 rings (SSSR count). The molecule has 1 aliphatic carbocycles. The van der Waals surface area contributed by atoms with E-state index < -0.39 is 0 Å². The first-order chi connectivity index (χ1) is 6.36. The number of allylic oxidation sites excluding steroid dienone is 1. The van der Waals surface area contributed by atoms with E-state index in [1.807, 2.05) is 0 Å². The highest BCUT2D eigenvalue weighted by Crippen LogP contribution is 2.26. The van der Waals surface area contributed by atoms with Gasteiger partial charge in [-0.25, -0.2) is 0 Å². The molecule has 2 atom stereocenters. The highest BCUT2D eigenvalue weighted by molar-refractivity contribution is 4.84. The van der Waals surface area contributed by atoms with E-state index in [9.17, 15) is 0 Å². The van der Waals surface area contributed by atoms with Gasteiger partial charge in [-0.2, -0.15) is 0 Å². The van der Waals surface area contributed by atoms with E-state index in [1.54, 1.807) is 0 Å². The Morgan fingerprint density at radius 1 is 1.38 bits per heavy atom. The van der Waals surface area contributed by atoms with Crippen molar-refractivity contribution in [3.63, 3.8) is 0 Å². The summed E-state index contributed by atoms with van der Waals surface area (Å²) in [6.45, 7) is 5.45. The lowest BCUT2D eigenvalue weighted by Crippen LogP contribution is -2.34. The Labute approximate surface area is 82.6 Å². The van der Waals surface area contributed by atoms with Gasteiger partial charge in [0.2, 0.25) is 0 Å². The van der Waals surface area contributed by atoms with E-state index in [0.717, 1.165) is 18.5 Å². The van der Waals surface area contributed by atoms with Crippen molar-refractivity contribution in [1.29, 1.82) is 0 Å². The van der Waals surface area contributed by atoms with Crippen molar-refractivity contribution < 1.29 is 0 Å². The number of nitrogens with one attached hydrogen (secondary N) is 1. The molecule has 0 amide bonds. The van der Waals surface area contributed by atoms with Crippen LogP contribution in [0.1, 0.15) is 46.0 Å². The normalized spacial score (nSPS) is 29.7. The highest BCUT2D eigenvalue weighted by Gasteiger charge is 2.19. The minimum atomic E-state index is 0.787. The molecule has 1 fully saturated rings. The molecule has 0 heterocycles. The first-order valence-electron chi connectivity index (χ1n) is 5.71. The fourth-order valence-electron chi connectivity index (χ4n) is 2.20. The van der Waals surface area contributed by atoms with Gasteiger partial charge in [0, 0.05) is 12.6 Å². The van der Waals surface area contributed by atoms with E-state index in [1.165, 1.54) is 32.1 Å². The molecular formula is C12H23N. The van der Waals surface area contributed by atoms with Crippen LogP contribution in [0.2, 0.25) is 0 Å². The van der Waals surface area contributed by atoms with Crippen LogP contribution in [-0.4, -0.2) is 12.6 Å². The van der Waals surface area contributed by atoms with Crippen LogP contribution >= 0.6 is 0 Å². The predicted octanol–water partition coefficient (Wildman–Crippen LogP) is 3.12. The van der Waals surface area contributed by atoms with Crippen molar-refractivity contribution in [2.24, 2.45) is 5.92 Å². The van der Waals surface area contributed by atoms with Gasteiger partial charge in [0.15, 0.2) is 0 Å². The average Bonchev–Trinajstić information content (AvgIpc) is 2.19. The van der Waals surface area contributed by atoms with Crippen LogP contribution in [0.15, 0.2) is 12.2 Å².